The Labute approximate surface area is 130 Å². The average molecular weight is 305 g/mol. The van der Waals surface area contributed by atoms with Crippen LogP contribution in [0.3, 0.4) is 0 Å². The van der Waals surface area contributed by atoms with E-state index in [4.69, 9.17) is 0 Å². The second-order valence-electron chi connectivity index (χ2n) is 6.82. The maximum atomic E-state index is 12.4. The highest BCUT2D eigenvalue weighted by Gasteiger charge is 2.37. The molecule has 6 heteroatoms. The quantitative estimate of drug-likeness (QED) is 0.918. The molecule has 120 valence electrons. The zero-order valence-electron chi connectivity index (χ0n) is 13.5. The van der Waals surface area contributed by atoms with Crippen LogP contribution in [0.4, 0.5) is 0 Å². The fraction of sp³-hybridized carbons (Fsp3) is 0.562. The van der Waals surface area contributed by atoms with Gasteiger partial charge in [-0.25, -0.2) is 0 Å². The van der Waals surface area contributed by atoms with E-state index in [2.05, 4.69) is 4.98 Å². The first-order valence-corrected chi connectivity index (χ1v) is 7.39. The third-order valence-corrected chi connectivity index (χ3v) is 3.92. The van der Waals surface area contributed by atoms with E-state index in [1.807, 2.05) is 25.7 Å². The van der Waals surface area contributed by atoms with Crippen molar-refractivity contribution in [2.75, 3.05) is 20.1 Å². The third-order valence-electron chi connectivity index (χ3n) is 3.92. The van der Waals surface area contributed by atoms with Gasteiger partial charge in [-0.3, -0.25) is 14.6 Å². The van der Waals surface area contributed by atoms with Gasteiger partial charge in [0.05, 0.1) is 11.8 Å². The maximum Gasteiger partial charge on any atom is 0.257 e. The van der Waals surface area contributed by atoms with Crippen LogP contribution in [0.2, 0.25) is 0 Å². The molecule has 1 fully saturated rings. The van der Waals surface area contributed by atoms with Crippen LogP contribution in [-0.2, 0) is 4.79 Å². The number of aromatic hydroxyl groups is 1. The minimum absolute atomic E-state index is 0.115. The Morgan fingerprint density at radius 3 is 2.73 bits per heavy atom. The second-order valence-corrected chi connectivity index (χ2v) is 6.82. The number of rotatable bonds is 3. The van der Waals surface area contributed by atoms with Gasteiger partial charge in [-0.1, -0.05) is 0 Å². The molecule has 0 bridgehead atoms. The molecule has 0 aromatic carbocycles. The third kappa shape index (κ3) is 3.37. The van der Waals surface area contributed by atoms with Gasteiger partial charge in [0.25, 0.3) is 5.91 Å². The molecular weight excluding hydrogens is 282 g/mol. The molecule has 1 aromatic heterocycles. The zero-order valence-corrected chi connectivity index (χ0v) is 13.5. The number of amides is 2. The largest absolute Gasteiger partial charge is 0.505 e. The Morgan fingerprint density at radius 2 is 2.18 bits per heavy atom. The first-order valence-electron chi connectivity index (χ1n) is 7.39. The summed E-state index contributed by atoms with van der Waals surface area (Å²) in [4.78, 5) is 31.6. The molecule has 0 spiro atoms. The lowest BCUT2D eigenvalue weighted by molar-refractivity contribution is -0.131. The minimum atomic E-state index is -0.262. The summed E-state index contributed by atoms with van der Waals surface area (Å²) < 4.78 is 0. The predicted octanol–water partition coefficient (Wildman–Crippen LogP) is 1.51. The number of nitrogens with zero attached hydrogens (tertiary/aromatic N) is 3. The van der Waals surface area contributed by atoms with Crippen LogP contribution in [-0.4, -0.2) is 57.4 Å². The standard InChI is InChI=1S/C16H23N3O3/c1-16(2,3)19-10-11(7-14(19)21)9-18(4)15(22)12-5-6-17-8-13(12)20/h5-6,8,11,20H,7,9-10H2,1-4H3/t11-/m1/s1. The van der Waals surface area contributed by atoms with E-state index in [9.17, 15) is 14.7 Å². The first kappa shape index (κ1) is 16.3. The van der Waals surface area contributed by atoms with E-state index in [-0.39, 0.29) is 34.6 Å². The van der Waals surface area contributed by atoms with E-state index >= 15 is 0 Å². The number of carbonyl (C=O) groups excluding carboxylic acids is 2. The van der Waals surface area contributed by atoms with Gasteiger partial charge in [-0.05, 0) is 26.8 Å². The van der Waals surface area contributed by atoms with E-state index in [0.717, 1.165) is 0 Å². The summed E-state index contributed by atoms with van der Waals surface area (Å²) >= 11 is 0. The summed E-state index contributed by atoms with van der Waals surface area (Å²) in [5.41, 5.74) is 0.0344. The molecule has 1 aromatic rings. The Morgan fingerprint density at radius 1 is 1.50 bits per heavy atom. The van der Waals surface area contributed by atoms with Gasteiger partial charge in [-0.2, -0.15) is 0 Å². The molecule has 1 saturated heterocycles. The lowest BCUT2D eigenvalue weighted by Crippen LogP contribution is -2.43. The molecule has 2 amide bonds. The van der Waals surface area contributed by atoms with Gasteiger partial charge < -0.3 is 14.9 Å². The molecule has 1 N–H and O–H groups in total. The van der Waals surface area contributed by atoms with Crippen LogP contribution in [0, 0.1) is 5.92 Å². The number of carbonyl (C=O) groups is 2. The summed E-state index contributed by atoms with van der Waals surface area (Å²) in [5, 5.41) is 9.71. The van der Waals surface area contributed by atoms with Gasteiger partial charge in [0, 0.05) is 44.2 Å². The SMILES string of the molecule is CN(C[C@H]1CC(=O)N(C(C)(C)C)C1)C(=O)c1ccncc1O. The molecule has 22 heavy (non-hydrogen) atoms. The fourth-order valence-corrected chi connectivity index (χ4v) is 2.79. The van der Waals surface area contributed by atoms with Crippen molar-refractivity contribution in [2.45, 2.75) is 32.7 Å². The zero-order chi connectivity index (χ0) is 16.5. The molecule has 2 heterocycles. The van der Waals surface area contributed by atoms with Crippen LogP contribution in [0.25, 0.3) is 0 Å². The Bertz CT molecular complexity index is 580. The highest BCUT2D eigenvalue weighted by Crippen LogP contribution is 2.26. The fourth-order valence-electron chi connectivity index (χ4n) is 2.79. The van der Waals surface area contributed by atoms with Gasteiger partial charge >= 0.3 is 0 Å². The van der Waals surface area contributed by atoms with Gasteiger partial charge in [0.1, 0.15) is 5.75 Å². The molecule has 1 aliphatic rings. The highest BCUT2D eigenvalue weighted by atomic mass is 16.3. The summed E-state index contributed by atoms with van der Waals surface area (Å²) in [6.45, 7) is 7.17. The lowest BCUT2D eigenvalue weighted by Gasteiger charge is -2.32. The number of hydrogen-bond acceptors (Lipinski definition) is 4. The lowest BCUT2D eigenvalue weighted by atomic mass is 10.1. The molecule has 0 aliphatic carbocycles. The summed E-state index contributed by atoms with van der Waals surface area (Å²) in [5.74, 6) is -0.144. The van der Waals surface area contributed by atoms with E-state index < -0.39 is 0 Å². The second kappa shape index (κ2) is 5.94. The molecule has 0 unspecified atom stereocenters. The minimum Gasteiger partial charge on any atom is -0.505 e. The molecule has 0 radical (unpaired) electrons. The summed E-state index contributed by atoms with van der Waals surface area (Å²) in [6, 6.07) is 1.50. The van der Waals surface area contributed by atoms with Crippen LogP contribution in [0.5, 0.6) is 5.75 Å². The van der Waals surface area contributed by atoms with Crippen molar-refractivity contribution in [2.24, 2.45) is 5.92 Å². The molecule has 1 aliphatic heterocycles. The maximum absolute atomic E-state index is 12.4. The van der Waals surface area contributed by atoms with Gasteiger partial charge in [-0.15, -0.1) is 0 Å². The van der Waals surface area contributed by atoms with Crippen LogP contribution >= 0.6 is 0 Å². The smallest absolute Gasteiger partial charge is 0.257 e. The van der Waals surface area contributed by atoms with E-state index in [1.54, 1.807) is 11.9 Å². The number of aromatic nitrogens is 1. The first-order chi connectivity index (χ1) is 10.2. The molecule has 2 rings (SSSR count). The van der Waals surface area contributed by atoms with Crippen LogP contribution in [0.15, 0.2) is 18.5 Å². The van der Waals surface area contributed by atoms with Crippen molar-refractivity contribution >= 4 is 11.8 Å². The van der Waals surface area contributed by atoms with E-state index in [1.165, 1.54) is 18.5 Å². The topological polar surface area (TPSA) is 73.7 Å². The summed E-state index contributed by atoms with van der Waals surface area (Å²) in [6.07, 6.45) is 3.18. The molecular formula is C16H23N3O3. The monoisotopic (exact) mass is 305 g/mol. The van der Waals surface area contributed by atoms with Crippen molar-refractivity contribution < 1.29 is 14.7 Å². The van der Waals surface area contributed by atoms with Crippen molar-refractivity contribution in [3.63, 3.8) is 0 Å². The predicted molar refractivity (Wildman–Crippen MR) is 82.4 cm³/mol. The molecule has 6 nitrogen and oxygen atoms in total. The van der Waals surface area contributed by atoms with Crippen molar-refractivity contribution in [1.29, 1.82) is 0 Å². The Kier molecular flexibility index (Phi) is 4.39. The number of hydrogen-bond donors (Lipinski definition) is 1. The normalized spacial score (nSPS) is 18.6. The average Bonchev–Trinajstić information content (AvgIpc) is 2.79. The van der Waals surface area contributed by atoms with E-state index in [0.29, 0.717) is 19.5 Å². The Hall–Kier alpha value is -2.11. The van der Waals surface area contributed by atoms with Gasteiger partial charge in [0.2, 0.25) is 5.91 Å². The van der Waals surface area contributed by atoms with Crippen LogP contribution in [0.1, 0.15) is 37.6 Å². The Balaban J connectivity index is 2.02. The summed E-state index contributed by atoms with van der Waals surface area (Å²) in [7, 11) is 1.69. The van der Waals surface area contributed by atoms with Crippen molar-refractivity contribution in [3.05, 3.63) is 24.0 Å². The molecule has 0 saturated carbocycles. The highest BCUT2D eigenvalue weighted by molar-refractivity contribution is 5.96. The van der Waals surface area contributed by atoms with Crippen molar-refractivity contribution in [3.8, 4) is 5.75 Å². The van der Waals surface area contributed by atoms with Crippen LogP contribution < -0.4 is 0 Å². The number of pyridine rings is 1. The van der Waals surface area contributed by atoms with Crippen molar-refractivity contribution in [1.82, 2.24) is 14.8 Å². The van der Waals surface area contributed by atoms with Gasteiger partial charge in [0.15, 0.2) is 0 Å². The molecule has 1 atom stereocenters. The number of likely N-dealkylation sites (tertiary alicyclic amines) is 1.